The van der Waals surface area contributed by atoms with Crippen LogP contribution in [0.1, 0.15) is 60.6 Å². The van der Waals surface area contributed by atoms with E-state index in [0.29, 0.717) is 11.4 Å². The predicted molar refractivity (Wildman–Crippen MR) is 204 cm³/mol. The Hall–Kier alpha value is -3.17. The van der Waals surface area contributed by atoms with Gasteiger partial charge in [0.25, 0.3) is 0 Å². The number of aromatic nitrogens is 2. The molecule has 0 aliphatic heterocycles. The summed E-state index contributed by atoms with van der Waals surface area (Å²) in [7, 11) is 0. The first-order valence-corrected chi connectivity index (χ1v) is 18.6. The van der Waals surface area contributed by atoms with Gasteiger partial charge in [-0.05, 0) is 75.5 Å². The van der Waals surface area contributed by atoms with Gasteiger partial charge in [0.05, 0.1) is 0 Å². The third-order valence-electron chi connectivity index (χ3n) is 7.52. The third kappa shape index (κ3) is 13.1. The Bertz CT molecular complexity index is 1750. The second-order valence-corrected chi connectivity index (χ2v) is 14.0. The van der Waals surface area contributed by atoms with Gasteiger partial charge in [-0.25, -0.2) is 41.8 Å². The molecule has 2 nitrogen and oxygen atoms in total. The number of nitrogens with zero attached hydrogens (tertiary/aromatic N) is 2. The molecule has 2 aromatic heterocycles. The van der Waals surface area contributed by atoms with Crippen LogP contribution in [0.25, 0.3) is 11.4 Å². The number of benzene rings is 2. The van der Waals surface area contributed by atoms with Gasteiger partial charge in [-0.15, -0.1) is 59.9 Å². The molecule has 0 amide bonds. The predicted octanol–water partition coefficient (Wildman–Crippen LogP) is 12.8. The zero-order valence-electron chi connectivity index (χ0n) is 30.6. The zero-order chi connectivity index (χ0) is 36.8. The zero-order valence-corrected chi connectivity index (χ0v) is 33.8. The van der Waals surface area contributed by atoms with Gasteiger partial charge in [0.2, 0.25) is 0 Å². The van der Waals surface area contributed by atoms with E-state index in [0.717, 1.165) is 56.9 Å². The fourth-order valence-electron chi connectivity index (χ4n) is 5.08. The molecule has 51 heavy (non-hydrogen) atoms. The molecule has 0 N–H and O–H groups in total. The van der Waals surface area contributed by atoms with Gasteiger partial charge in [-0.2, -0.15) is 35.4 Å². The molecule has 0 saturated heterocycles. The van der Waals surface area contributed by atoms with Crippen molar-refractivity contribution in [2.24, 2.45) is 0 Å². The molecule has 2 heterocycles. The Kier molecular flexibility index (Phi) is 19.0. The minimum Gasteiger partial charge on any atom is -0.369 e. The van der Waals surface area contributed by atoms with Crippen molar-refractivity contribution >= 4 is 23.5 Å². The Balaban J connectivity index is 0.000000263. The minimum atomic E-state index is -0.677. The molecule has 0 fully saturated rings. The quantitative estimate of drug-likeness (QED) is 0.0661. The molecule has 0 unspecified atom stereocenters. The number of thioether (sulfide) groups is 2. The molecule has 268 valence electrons. The van der Waals surface area contributed by atoms with Crippen molar-refractivity contribution in [3.05, 3.63) is 154 Å². The molecular formula is C42H46F4N2S2Ti. The van der Waals surface area contributed by atoms with E-state index in [1.54, 1.807) is 23.5 Å². The fourth-order valence-corrected chi connectivity index (χ4v) is 7.04. The molecular weight excluding hydrogens is 720 g/mol. The summed E-state index contributed by atoms with van der Waals surface area (Å²) in [4.78, 5) is 2.28. The average Bonchev–Trinajstić information content (AvgIpc) is 3.87. The van der Waals surface area contributed by atoms with Crippen LogP contribution in [-0.4, -0.2) is 20.6 Å². The maximum absolute atomic E-state index is 13.8. The molecule has 0 bridgehead atoms. The van der Waals surface area contributed by atoms with Crippen molar-refractivity contribution in [3.63, 3.8) is 0 Å². The van der Waals surface area contributed by atoms with Crippen LogP contribution in [0.5, 0.6) is 0 Å². The van der Waals surface area contributed by atoms with Crippen molar-refractivity contribution in [2.75, 3.05) is 11.5 Å². The monoisotopic (exact) mass is 766 g/mol. The van der Waals surface area contributed by atoms with Crippen molar-refractivity contribution in [1.29, 1.82) is 0 Å². The van der Waals surface area contributed by atoms with E-state index >= 15 is 0 Å². The SMILES string of the molecule is CCCSc1cc(C)n(-c2ccc(F)[c-]c2F)c1C.CCCSc1cc(C)n(-c2ccc(F)[c-]c2F)c1C.C[c-]1cccc1.C[c-]1cccc1.[Ti+4]. The van der Waals surface area contributed by atoms with Crippen molar-refractivity contribution in [1.82, 2.24) is 9.13 Å². The van der Waals surface area contributed by atoms with Crippen molar-refractivity contribution in [2.45, 2.75) is 78.0 Å². The van der Waals surface area contributed by atoms with E-state index in [4.69, 9.17) is 0 Å². The first-order chi connectivity index (χ1) is 23.9. The van der Waals surface area contributed by atoms with Gasteiger partial charge < -0.3 is 9.13 Å². The molecule has 0 spiro atoms. The van der Waals surface area contributed by atoms with Crippen LogP contribution in [0.2, 0.25) is 0 Å². The Morgan fingerprint density at radius 1 is 0.588 bits per heavy atom. The van der Waals surface area contributed by atoms with E-state index < -0.39 is 23.3 Å². The van der Waals surface area contributed by atoms with E-state index in [-0.39, 0.29) is 21.7 Å². The molecule has 0 atom stereocenters. The van der Waals surface area contributed by atoms with Crippen molar-refractivity contribution < 1.29 is 39.3 Å². The van der Waals surface area contributed by atoms with Crippen LogP contribution < -0.4 is 0 Å². The van der Waals surface area contributed by atoms with Gasteiger partial charge >= 0.3 is 21.7 Å². The molecule has 0 radical (unpaired) electrons. The summed E-state index contributed by atoms with van der Waals surface area (Å²) in [5, 5.41) is 0. The van der Waals surface area contributed by atoms with E-state index in [1.165, 1.54) is 35.4 Å². The third-order valence-corrected chi connectivity index (χ3v) is 10.2. The van der Waals surface area contributed by atoms with Gasteiger partial charge in [-0.1, -0.05) is 27.7 Å². The molecule has 0 aliphatic carbocycles. The topological polar surface area (TPSA) is 9.86 Å². The first-order valence-electron chi connectivity index (χ1n) is 16.6. The number of halogens is 4. The summed E-state index contributed by atoms with van der Waals surface area (Å²) < 4.78 is 57.1. The standard InChI is InChI=1S/2C15H16F2NS.2C6H7.Ti/c2*1-4-7-19-15-8-10(2)18(11(15)3)14-6-5-12(16)9-13(14)17;2*1-6-4-2-3-5-6;/h2*5-6,8H,4,7H2,1-3H3;2*2-5H,1H3;/q4*-1;+4. The Labute approximate surface area is 325 Å². The second kappa shape index (κ2) is 22.0. The summed E-state index contributed by atoms with van der Waals surface area (Å²) in [6.45, 7) is 16.2. The fraction of sp³-hybridized carbons (Fsp3) is 0.286. The normalized spacial score (nSPS) is 10.3. The largest absolute Gasteiger partial charge is 4.00 e. The number of aryl methyl sites for hydroxylation is 4. The van der Waals surface area contributed by atoms with Crippen LogP contribution >= 0.6 is 23.5 Å². The second-order valence-electron chi connectivity index (χ2n) is 11.8. The smallest absolute Gasteiger partial charge is 0.369 e. The van der Waals surface area contributed by atoms with Crippen molar-refractivity contribution in [3.8, 4) is 11.4 Å². The van der Waals surface area contributed by atoms with Crippen LogP contribution in [0.3, 0.4) is 0 Å². The van der Waals surface area contributed by atoms with Crippen LogP contribution in [0, 0.1) is 76.9 Å². The molecule has 4 aromatic carbocycles. The van der Waals surface area contributed by atoms with Gasteiger partial charge in [-0.3, -0.25) is 0 Å². The number of rotatable bonds is 8. The van der Waals surface area contributed by atoms with Gasteiger partial charge in [0, 0.05) is 55.8 Å². The summed E-state index contributed by atoms with van der Waals surface area (Å²) in [6, 6.07) is 30.1. The maximum atomic E-state index is 13.8. The molecule has 0 saturated carbocycles. The van der Waals surface area contributed by atoms with E-state index in [9.17, 15) is 17.6 Å². The van der Waals surface area contributed by atoms with Gasteiger partial charge in [0.15, 0.2) is 0 Å². The summed E-state index contributed by atoms with van der Waals surface area (Å²) in [5.41, 5.74) is 7.22. The van der Waals surface area contributed by atoms with Gasteiger partial charge in [0.1, 0.15) is 0 Å². The Morgan fingerprint density at radius 3 is 1.18 bits per heavy atom. The molecule has 6 aromatic rings. The van der Waals surface area contributed by atoms with Crippen LogP contribution in [-0.2, 0) is 21.7 Å². The number of hydrogen-bond acceptors (Lipinski definition) is 2. The van der Waals surface area contributed by atoms with Crippen LogP contribution in [0.4, 0.5) is 17.6 Å². The molecule has 0 aliphatic rings. The average molecular weight is 767 g/mol. The summed E-state index contributed by atoms with van der Waals surface area (Å²) in [5.74, 6) is -0.610. The first kappa shape index (κ1) is 44.0. The maximum Gasteiger partial charge on any atom is 4.00 e. The van der Waals surface area contributed by atoms with E-state index in [1.807, 2.05) is 73.2 Å². The van der Waals surface area contributed by atoms with Crippen LogP contribution in [0.15, 0.2) is 94.7 Å². The molecule has 6 rings (SSSR count). The number of hydrogen-bond donors (Lipinski definition) is 0. The summed E-state index contributed by atoms with van der Waals surface area (Å²) in [6.07, 6.45) is 2.18. The summed E-state index contributed by atoms with van der Waals surface area (Å²) >= 11 is 3.52. The minimum absolute atomic E-state index is 0. The van der Waals surface area contributed by atoms with E-state index in [2.05, 4.69) is 64.1 Å². The Morgan fingerprint density at radius 2 is 0.922 bits per heavy atom. The molecule has 9 heteroatoms.